The Balaban J connectivity index is 1.93. The zero-order valence-corrected chi connectivity index (χ0v) is 17.6. The maximum absolute atomic E-state index is 12.2. The topological polar surface area (TPSA) is 69.2 Å². The Kier molecular flexibility index (Phi) is 9.34. The van der Waals surface area contributed by atoms with E-state index in [1.165, 1.54) is 25.9 Å². The third kappa shape index (κ3) is 6.35. The van der Waals surface area contributed by atoms with E-state index in [4.69, 9.17) is 9.73 Å². The predicted molar refractivity (Wildman–Crippen MR) is 110 cm³/mol. The van der Waals surface area contributed by atoms with E-state index < -0.39 is 0 Å². The van der Waals surface area contributed by atoms with E-state index in [0.29, 0.717) is 13.0 Å². The smallest absolute Gasteiger partial charge is 0.224 e. The number of carbonyl (C=O) groups is 1. The second-order valence-electron chi connectivity index (χ2n) is 7.47. The van der Waals surface area contributed by atoms with Crippen LogP contribution in [0, 0.1) is 0 Å². The lowest BCUT2D eigenvalue weighted by molar-refractivity contribution is -0.130. The molecule has 2 aliphatic heterocycles. The number of nitrogens with one attached hydrogen (secondary N) is 2. The molecule has 0 spiro atoms. The van der Waals surface area contributed by atoms with E-state index in [-0.39, 0.29) is 11.4 Å². The number of aliphatic imine (C=N–C) groups is 1. The van der Waals surface area contributed by atoms with Gasteiger partial charge in [-0.25, -0.2) is 0 Å². The van der Waals surface area contributed by atoms with Gasteiger partial charge in [-0.15, -0.1) is 0 Å². The van der Waals surface area contributed by atoms with Crippen LogP contribution in [0.1, 0.15) is 52.9 Å². The number of ether oxygens (including phenoxy) is 1. The van der Waals surface area contributed by atoms with Crippen molar-refractivity contribution in [1.82, 2.24) is 20.4 Å². The highest BCUT2D eigenvalue weighted by atomic mass is 16.5. The molecule has 2 saturated heterocycles. The number of nitrogens with zero attached hydrogens (tertiary/aromatic N) is 3. The highest BCUT2D eigenvalue weighted by Crippen LogP contribution is 2.31. The summed E-state index contributed by atoms with van der Waals surface area (Å²) in [6.07, 6.45) is 5.18. The normalized spacial score (nSPS) is 20.5. The third-order valence-electron chi connectivity index (χ3n) is 5.82. The minimum absolute atomic E-state index is 0.133. The predicted octanol–water partition coefficient (Wildman–Crippen LogP) is 1.45. The van der Waals surface area contributed by atoms with Gasteiger partial charge in [0.2, 0.25) is 5.91 Å². The summed E-state index contributed by atoms with van der Waals surface area (Å²) in [7, 11) is 0. The summed E-state index contributed by atoms with van der Waals surface area (Å²) in [6.45, 7) is 13.9. The molecule has 0 saturated carbocycles. The van der Waals surface area contributed by atoms with E-state index in [0.717, 1.165) is 58.2 Å². The first-order valence-electron chi connectivity index (χ1n) is 10.8. The summed E-state index contributed by atoms with van der Waals surface area (Å²) >= 11 is 0. The molecular formula is C20H39N5O2. The van der Waals surface area contributed by atoms with Crippen molar-refractivity contribution in [1.29, 1.82) is 0 Å². The van der Waals surface area contributed by atoms with Crippen molar-refractivity contribution < 1.29 is 9.53 Å². The lowest BCUT2D eigenvalue weighted by Crippen LogP contribution is -2.54. The number of hydrogen-bond acceptors (Lipinski definition) is 4. The maximum atomic E-state index is 12.2. The SMILES string of the molecule is CCNC(=NCC1(N2CCCC2)CCOCC1)NCCC(=O)N(CC)CC. The van der Waals surface area contributed by atoms with Crippen LogP contribution >= 0.6 is 0 Å². The molecule has 0 aromatic heterocycles. The average molecular weight is 382 g/mol. The van der Waals surface area contributed by atoms with Crippen LogP contribution in [-0.4, -0.2) is 86.2 Å². The van der Waals surface area contributed by atoms with Crippen LogP contribution in [0.15, 0.2) is 4.99 Å². The molecule has 0 radical (unpaired) electrons. The van der Waals surface area contributed by atoms with Crippen LogP contribution in [0.25, 0.3) is 0 Å². The Morgan fingerprint density at radius 3 is 2.37 bits per heavy atom. The fraction of sp³-hybridized carbons (Fsp3) is 0.900. The lowest BCUT2D eigenvalue weighted by atomic mass is 9.88. The minimum atomic E-state index is 0.133. The molecule has 2 heterocycles. The first-order valence-corrected chi connectivity index (χ1v) is 10.8. The number of likely N-dealkylation sites (tertiary alicyclic amines) is 1. The Bertz CT molecular complexity index is 467. The van der Waals surface area contributed by atoms with E-state index in [9.17, 15) is 4.79 Å². The summed E-state index contributed by atoms with van der Waals surface area (Å²) in [5.41, 5.74) is 0.133. The van der Waals surface area contributed by atoms with Gasteiger partial charge in [0.1, 0.15) is 0 Å². The standard InChI is InChI=1S/C20H39N5O2/c1-4-21-19(22-12-9-18(26)24(5-2)6-3)23-17-20(10-15-27-16-11-20)25-13-7-8-14-25/h4-17H2,1-3H3,(H2,21,22,23). The number of amides is 1. The minimum Gasteiger partial charge on any atom is -0.381 e. The molecule has 7 nitrogen and oxygen atoms in total. The molecule has 156 valence electrons. The summed E-state index contributed by atoms with van der Waals surface area (Å²) in [4.78, 5) is 21.6. The van der Waals surface area contributed by atoms with E-state index >= 15 is 0 Å². The summed E-state index contributed by atoms with van der Waals surface area (Å²) in [5.74, 6) is 1.01. The van der Waals surface area contributed by atoms with Crippen LogP contribution in [0.2, 0.25) is 0 Å². The molecule has 2 rings (SSSR count). The van der Waals surface area contributed by atoms with Crippen molar-refractivity contribution in [3.05, 3.63) is 0 Å². The second kappa shape index (κ2) is 11.5. The maximum Gasteiger partial charge on any atom is 0.224 e. The summed E-state index contributed by atoms with van der Waals surface area (Å²) in [5, 5.41) is 6.67. The fourth-order valence-corrected chi connectivity index (χ4v) is 4.11. The van der Waals surface area contributed by atoms with Gasteiger partial charge >= 0.3 is 0 Å². The molecule has 0 aromatic rings. The van der Waals surface area contributed by atoms with Crippen LogP contribution in [0.3, 0.4) is 0 Å². The first kappa shape index (κ1) is 22.0. The van der Waals surface area contributed by atoms with Crippen molar-refractivity contribution in [3.8, 4) is 0 Å². The average Bonchev–Trinajstić information content (AvgIpc) is 3.23. The third-order valence-corrected chi connectivity index (χ3v) is 5.82. The van der Waals surface area contributed by atoms with Gasteiger partial charge in [0.25, 0.3) is 0 Å². The largest absolute Gasteiger partial charge is 0.381 e. The molecule has 0 bridgehead atoms. The van der Waals surface area contributed by atoms with Crippen LogP contribution < -0.4 is 10.6 Å². The van der Waals surface area contributed by atoms with Crippen LogP contribution in [0.5, 0.6) is 0 Å². The number of hydrogen-bond donors (Lipinski definition) is 2. The zero-order valence-electron chi connectivity index (χ0n) is 17.6. The van der Waals surface area contributed by atoms with Gasteiger partial charge < -0.3 is 20.3 Å². The summed E-state index contributed by atoms with van der Waals surface area (Å²) in [6, 6.07) is 0. The molecule has 0 aromatic carbocycles. The molecule has 0 aliphatic carbocycles. The summed E-state index contributed by atoms with van der Waals surface area (Å²) < 4.78 is 5.62. The van der Waals surface area contributed by atoms with Gasteiger partial charge in [0, 0.05) is 51.4 Å². The highest BCUT2D eigenvalue weighted by molar-refractivity contribution is 5.81. The fourth-order valence-electron chi connectivity index (χ4n) is 4.11. The quantitative estimate of drug-likeness (QED) is 0.467. The van der Waals surface area contributed by atoms with Gasteiger partial charge in [-0.1, -0.05) is 0 Å². The highest BCUT2D eigenvalue weighted by Gasteiger charge is 2.39. The van der Waals surface area contributed by atoms with Gasteiger partial charge in [-0.3, -0.25) is 14.7 Å². The van der Waals surface area contributed by atoms with E-state index in [2.05, 4.69) is 22.5 Å². The van der Waals surface area contributed by atoms with Gasteiger partial charge in [-0.05, 0) is 59.5 Å². The Labute approximate surface area is 164 Å². The lowest BCUT2D eigenvalue weighted by Gasteiger charge is -2.43. The van der Waals surface area contributed by atoms with Gasteiger partial charge in [0.05, 0.1) is 6.54 Å². The first-order chi connectivity index (χ1) is 13.1. The van der Waals surface area contributed by atoms with Crippen LogP contribution in [-0.2, 0) is 9.53 Å². The molecule has 2 N–H and O–H groups in total. The molecular weight excluding hydrogens is 342 g/mol. The Morgan fingerprint density at radius 2 is 1.78 bits per heavy atom. The van der Waals surface area contributed by atoms with Crippen molar-refractivity contribution in [2.45, 2.75) is 58.4 Å². The van der Waals surface area contributed by atoms with Crippen molar-refractivity contribution in [3.63, 3.8) is 0 Å². The van der Waals surface area contributed by atoms with Gasteiger partial charge in [0.15, 0.2) is 5.96 Å². The Hall–Kier alpha value is -1.34. The monoisotopic (exact) mass is 381 g/mol. The molecule has 0 atom stereocenters. The van der Waals surface area contributed by atoms with Crippen molar-refractivity contribution in [2.75, 3.05) is 59.0 Å². The van der Waals surface area contributed by atoms with Gasteiger partial charge in [-0.2, -0.15) is 0 Å². The molecule has 2 aliphatic rings. The molecule has 1 amide bonds. The van der Waals surface area contributed by atoms with Crippen LogP contribution in [0.4, 0.5) is 0 Å². The number of carbonyl (C=O) groups excluding carboxylic acids is 1. The zero-order chi connectivity index (χ0) is 19.5. The molecule has 2 fully saturated rings. The molecule has 0 unspecified atom stereocenters. The number of guanidine groups is 1. The molecule has 7 heteroatoms. The van der Waals surface area contributed by atoms with E-state index in [1.807, 2.05) is 18.7 Å². The number of rotatable bonds is 9. The van der Waals surface area contributed by atoms with Crippen molar-refractivity contribution in [2.24, 2.45) is 4.99 Å². The molecule has 27 heavy (non-hydrogen) atoms. The second-order valence-corrected chi connectivity index (χ2v) is 7.47. The van der Waals surface area contributed by atoms with Crippen molar-refractivity contribution >= 4 is 11.9 Å². The Morgan fingerprint density at radius 1 is 1.11 bits per heavy atom. The van der Waals surface area contributed by atoms with E-state index in [1.54, 1.807) is 0 Å².